The molecule has 0 aliphatic carbocycles. The first-order valence-corrected chi connectivity index (χ1v) is 11.6. The molecule has 2 amide bonds. The van der Waals surface area contributed by atoms with E-state index in [0.717, 1.165) is 9.87 Å². The van der Waals surface area contributed by atoms with Crippen molar-refractivity contribution in [3.05, 3.63) is 66.0 Å². The normalized spacial score (nSPS) is 15.6. The van der Waals surface area contributed by atoms with Crippen LogP contribution in [0.5, 0.6) is 11.5 Å². The van der Waals surface area contributed by atoms with Crippen molar-refractivity contribution in [3.8, 4) is 11.5 Å². The molecule has 3 aromatic carbocycles. The Morgan fingerprint density at radius 1 is 1.15 bits per heavy atom. The van der Waals surface area contributed by atoms with E-state index in [1.165, 1.54) is 6.07 Å². The maximum absolute atomic E-state index is 15.8. The van der Waals surface area contributed by atoms with Gasteiger partial charge in [0.15, 0.2) is 5.82 Å². The molecule has 0 aromatic heterocycles. The van der Waals surface area contributed by atoms with Crippen LogP contribution in [0.25, 0.3) is 10.8 Å². The second kappa shape index (κ2) is 9.63. The summed E-state index contributed by atoms with van der Waals surface area (Å²) in [7, 11) is -3.80. The molecule has 4 rings (SSSR count). The first kappa shape index (κ1) is 23.4. The van der Waals surface area contributed by atoms with Crippen molar-refractivity contribution >= 4 is 39.4 Å². The van der Waals surface area contributed by atoms with Crippen LogP contribution in [0.4, 0.5) is 14.9 Å². The molecule has 1 fully saturated rings. The maximum atomic E-state index is 15.8. The molecule has 0 spiro atoms. The molecule has 0 bridgehead atoms. The summed E-state index contributed by atoms with van der Waals surface area (Å²) in [5.41, 5.74) is 0.543. The highest BCUT2D eigenvalue weighted by Crippen LogP contribution is 2.51. The fraction of sp³-hybridized carbons (Fsp3) is 0.182. The number of hydrogen-bond donors (Lipinski definition) is 5. The van der Waals surface area contributed by atoms with E-state index in [9.17, 15) is 18.7 Å². The smallest absolute Gasteiger partial charge is 0.404 e. The largest absolute Gasteiger partial charge is 0.492 e. The summed E-state index contributed by atoms with van der Waals surface area (Å²) in [5, 5.41) is 11.3. The monoisotopic (exact) mass is 491 g/mol. The average Bonchev–Trinajstić information content (AvgIpc) is 3.07. The van der Waals surface area contributed by atoms with Crippen molar-refractivity contribution < 1.29 is 37.7 Å². The van der Waals surface area contributed by atoms with E-state index in [4.69, 9.17) is 14.6 Å². The highest BCUT2D eigenvalue weighted by atomic mass is 32.3. The molecule has 3 aromatic rings. The lowest BCUT2D eigenvalue weighted by molar-refractivity contribution is -0.117. The Labute approximate surface area is 195 Å². The van der Waals surface area contributed by atoms with Gasteiger partial charge in [-0.3, -0.25) is 13.9 Å². The first-order chi connectivity index (χ1) is 16.2. The number of anilines is 1. The third kappa shape index (κ3) is 5.09. The van der Waals surface area contributed by atoms with Gasteiger partial charge in [-0.1, -0.05) is 36.4 Å². The lowest BCUT2D eigenvalue weighted by Gasteiger charge is -2.36. The highest BCUT2D eigenvalue weighted by Gasteiger charge is 2.38. The average molecular weight is 491 g/mol. The minimum Gasteiger partial charge on any atom is -0.492 e. The van der Waals surface area contributed by atoms with Gasteiger partial charge in [0.25, 0.3) is 5.91 Å². The van der Waals surface area contributed by atoms with Gasteiger partial charge in [0.1, 0.15) is 36.9 Å². The van der Waals surface area contributed by atoms with Crippen LogP contribution < -0.4 is 23.8 Å². The zero-order valence-electron chi connectivity index (χ0n) is 17.7. The molecule has 1 heterocycles. The molecule has 34 heavy (non-hydrogen) atoms. The molecule has 10 nitrogen and oxygen atoms in total. The predicted molar refractivity (Wildman–Crippen MR) is 125 cm³/mol. The van der Waals surface area contributed by atoms with Crippen molar-refractivity contribution in [2.75, 3.05) is 24.0 Å². The van der Waals surface area contributed by atoms with E-state index < -0.39 is 35.3 Å². The Kier molecular flexibility index (Phi) is 6.63. The van der Waals surface area contributed by atoms with Gasteiger partial charge in [-0.2, -0.15) is 0 Å². The molecular formula is C22H22FN3O7S. The molecule has 1 saturated heterocycles. The summed E-state index contributed by atoms with van der Waals surface area (Å²) in [6.07, 6.45) is -1.19. The molecule has 5 N–H and O–H groups in total. The number of amides is 2. The van der Waals surface area contributed by atoms with Gasteiger partial charge in [-0.15, -0.1) is 0 Å². The zero-order chi connectivity index (χ0) is 24.3. The quantitative estimate of drug-likeness (QED) is 0.300. The molecular weight excluding hydrogens is 469 g/mol. The fourth-order valence-corrected chi connectivity index (χ4v) is 4.66. The van der Waals surface area contributed by atoms with E-state index in [1.807, 2.05) is 30.3 Å². The van der Waals surface area contributed by atoms with Crippen LogP contribution in [-0.2, 0) is 11.4 Å². The van der Waals surface area contributed by atoms with Gasteiger partial charge >= 0.3 is 6.09 Å². The number of hydrogen-bond acceptors (Lipinski definition) is 7. The Hall–Kier alpha value is -3.74. The van der Waals surface area contributed by atoms with E-state index in [1.54, 1.807) is 18.2 Å². The fourth-order valence-electron chi connectivity index (χ4n) is 3.46. The molecule has 0 saturated carbocycles. The Morgan fingerprint density at radius 2 is 1.91 bits per heavy atom. The Balaban J connectivity index is 1.71. The second-order valence-electron chi connectivity index (χ2n) is 7.36. The number of carboxylic acid groups (broad SMARTS) is 1. The number of benzene rings is 3. The number of carbonyl (C=O) groups is 2. The van der Waals surface area contributed by atoms with Crippen molar-refractivity contribution in [2.24, 2.45) is 0 Å². The third-order valence-electron chi connectivity index (χ3n) is 4.97. The molecule has 1 aliphatic heterocycles. The lowest BCUT2D eigenvalue weighted by Crippen LogP contribution is -2.26. The number of halogens is 1. The van der Waals surface area contributed by atoms with Crippen LogP contribution in [0.15, 0.2) is 54.6 Å². The molecule has 0 radical (unpaired) electrons. The molecule has 180 valence electrons. The Bertz CT molecular complexity index is 1230. The van der Waals surface area contributed by atoms with E-state index >= 15 is 4.39 Å². The summed E-state index contributed by atoms with van der Waals surface area (Å²) < 4.78 is 50.8. The van der Waals surface area contributed by atoms with Crippen LogP contribution >= 0.6 is 11.0 Å². The van der Waals surface area contributed by atoms with Crippen LogP contribution in [-0.4, -0.2) is 45.9 Å². The van der Waals surface area contributed by atoms with E-state index in [2.05, 4.69) is 10.0 Å². The van der Waals surface area contributed by atoms with Crippen molar-refractivity contribution in [1.82, 2.24) is 10.0 Å². The predicted octanol–water partition coefficient (Wildman–Crippen LogP) is 3.72. The SMILES string of the molecule is O=C(O)NCCOc1ccc2cc(OCc3ccccc3)c(N3CC(=O)NS3(O)O)c(F)c2c1. The summed E-state index contributed by atoms with van der Waals surface area (Å²) in [5.74, 6) is -1.18. The van der Waals surface area contributed by atoms with E-state index in [0.29, 0.717) is 5.39 Å². The van der Waals surface area contributed by atoms with Gasteiger partial charge in [0, 0.05) is 5.39 Å². The number of ether oxygens (including phenoxy) is 2. The summed E-state index contributed by atoms with van der Waals surface area (Å²) in [6.45, 7) is -0.320. The molecule has 0 unspecified atom stereocenters. The van der Waals surface area contributed by atoms with Gasteiger partial charge in [0.05, 0.1) is 6.54 Å². The van der Waals surface area contributed by atoms with Crippen molar-refractivity contribution in [2.45, 2.75) is 6.61 Å². The van der Waals surface area contributed by atoms with E-state index in [-0.39, 0.29) is 42.3 Å². The molecule has 12 heteroatoms. The van der Waals surface area contributed by atoms with Crippen molar-refractivity contribution in [3.63, 3.8) is 0 Å². The summed E-state index contributed by atoms with van der Waals surface area (Å²) in [6, 6.07) is 15.3. The summed E-state index contributed by atoms with van der Waals surface area (Å²) >= 11 is 0. The zero-order valence-corrected chi connectivity index (χ0v) is 18.5. The molecule has 1 aliphatic rings. The first-order valence-electron chi connectivity index (χ1n) is 10.1. The van der Waals surface area contributed by atoms with Gasteiger partial charge in [-0.25, -0.2) is 18.2 Å². The number of fused-ring (bicyclic) bond motifs is 1. The van der Waals surface area contributed by atoms with Crippen LogP contribution in [0.2, 0.25) is 0 Å². The maximum Gasteiger partial charge on any atom is 0.404 e. The number of carbonyl (C=O) groups excluding carboxylic acids is 1. The topological polar surface area (TPSA) is 141 Å². The van der Waals surface area contributed by atoms with Crippen LogP contribution in [0, 0.1) is 5.82 Å². The number of nitrogens with one attached hydrogen (secondary N) is 2. The number of rotatable bonds is 8. The second-order valence-corrected chi connectivity index (χ2v) is 9.04. The van der Waals surface area contributed by atoms with Gasteiger partial charge in [-0.05, 0) is 40.1 Å². The molecule has 0 atom stereocenters. The Morgan fingerprint density at radius 3 is 2.59 bits per heavy atom. The minimum atomic E-state index is -3.80. The van der Waals surface area contributed by atoms with Crippen LogP contribution in [0.3, 0.4) is 0 Å². The summed E-state index contributed by atoms with van der Waals surface area (Å²) in [4.78, 5) is 22.4. The number of nitrogens with zero attached hydrogens (tertiary/aromatic N) is 1. The standard InChI is InChI=1S/C22H22FN3O7S/c23-20-17-11-16(32-9-8-24-22(28)29)7-6-15(17)10-18(33-13-14-4-2-1-3-5-14)21(20)26-12-19(27)25-34(26,30)31/h1-7,10-11,24,30-31H,8-9,12-13H2,(H,25,27)(H,28,29). The highest BCUT2D eigenvalue weighted by molar-refractivity contribution is 8.24. The van der Waals surface area contributed by atoms with Gasteiger partial charge in [0.2, 0.25) is 0 Å². The van der Waals surface area contributed by atoms with Crippen LogP contribution in [0.1, 0.15) is 5.56 Å². The van der Waals surface area contributed by atoms with Gasteiger partial charge < -0.3 is 19.9 Å². The minimum absolute atomic E-state index is 0.0235. The van der Waals surface area contributed by atoms with Crippen molar-refractivity contribution in [1.29, 1.82) is 0 Å². The third-order valence-corrected chi connectivity index (χ3v) is 6.40. The lowest BCUT2D eigenvalue weighted by atomic mass is 10.1.